The molecule has 0 bridgehead atoms. The van der Waals surface area contributed by atoms with E-state index in [-0.39, 0.29) is 54.2 Å². The summed E-state index contributed by atoms with van der Waals surface area (Å²) in [5.41, 5.74) is 4.17. The summed E-state index contributed by atoms with van der Waals surface area (Å²) in [6, 6.07) is 23.3. The number of hydrogen-bond donors (Lipinski definition) is 6. The average Bonchev–Trinajstić information content (AvgIpc) is 3.06. The van der Waals surface area contributed by atoms with Crippen LogP contribution in [0, 0.1) is 6.92 Å². The van der Waals surface area contributed by atoms with Crippen LogP contribution in [0.25, 0.3) is 18.2 Å². The summed E-state index contributed by atoms with van der Waals surface area (Å²) in [4.78, 5) is 23.8. The minimum absolute atomic E-state index is 0.0146. The van der Waals surface area contributed by atoms with Crippen molar-refractivity contribution in [2.75, 3.05) is 20.3 Å². The summed E-state index contributed by atoms with van der Waals surface area (Å²) in [5, 5.41) is 53.8. The predicted molar refractivity (Wildman–Crippen MR) is 183 cm³/mol. The SMILES string of the molecule is COc1cc(/C=C/C(=O)CC(=O)/C=C/c2ccc(O)c(C)c2)ccc1O.OC/C=C/c1ccc(O)cc1.OCCc1ccc(O)cc1. The van der Waals surface area contributed by atoms with E-state index in [9.17, 15) is 19.8 Å². The third-order valence-electron chi connectivity index (χ3n) is 6.34. The van der Waals surface area contributed by atoms with Gasteiger partial charge in [0.1, 0.15) is 17.2 Å². The number of aliphatic hydroxyl groups is 2. The molecule has 0 spiro atoms. The van der Waals surface area contributed by atoms with Crippen LogP contribution < -0.4 is 4.74 Å². The van der Waals surface area contributed by atoms with Gasteiger partial charge in [0.05, 0.1) is 20.1 Å². The lowest BCUT2D eigenvalue weighted by Gasteiger charge is -2.03. The van der Waals surface area contributed by atoms with E-state index < -0.39 is 0 Å². The van der Waals surface area contributed by atoms with Gasteiger partial charge in [-0.1, -0.05) is 60.7 Å². The van der Waals surface area contributed by atoms with E-state index in [4.69, 9.17) is 25.2 Å². The van der Waals surface area contributed by atoms with Crippen molar-refractivity contribution in [3.8, 4) is 28.7 Å². The van der Waals surface area contributed by atoms with Crippen LogP contribution in [0.1, 0.15) is 34.2 Å². The number of benzene rings is 4. The molecule has 47 heavy (non-hydrogen) atoms. The van der Waals surface area contributed by atoms with Gasteiger partial charge in [0.2, 0.25) is 0 Å². The first-order valence-corrected chi connectivity index (χ1v) is 14.6. The first-order chi connectivity index (χ1) is 22.5. The molecule has 0 fully saturated rings. The van der Waals surface area contributed by atoms with Gasteiger partial charge in [-0.25, -0.2) is 0 Å². The number of carbonyl (C=O) groups is 2. The van der Waals surface area contributed by atoms with Crippen LogP contribution in [-0.4, -0.2) is 62.5 Å². The number of ether oxygens (including phenoxy) is 1. The summed E-state index contributed by atoms with van der Waals surface area (Å²) in [6.45, 7) is 1.97. The lowest BCUT2D eigenvalue weighted by atomic mass is 10.1. The van der Waals surface area contributed by atoms with Gasteiger partial charge in [0.15, 0.2) is 23.1 Å². The Kier molecular flexibility index (Phi) is 16.3. The number of rotatable bonds is 11. The minimum atomic E-state index is -0.325. The van der Waals surface area contributed by atoms with Gasteiger partial charge in [-0.3, -0.25) is 9.59 Å². The monoisotopic (exact) mass is 640 g/mol. The molecule has 0 amide bonds. The van der Waals surface area contributed by atoms with Gasteiger partial charge in [0, 0.05) is 6.61 Å². The Balaban J connectivity index is 0.000000298. The molecule has 0 aliphatic heterocycles. The highest BCUT2D eigenvalue weighted by Crippen LogP contribution is 2.26. The highest BCUT2D eigenvalue weighted by Gasteiger charge is 2.05. The fourth-order valence-corrected chi connectivity index (χ4v) is 3.81. The average molecular weight is 641 g/mol. The largest absolute Gasteiger partial charge is 0.508 e. The van der Waals surface area contributed by atoms with E-state index in [1.54, 1.807) is 110 Å². The Morgan fingerprint density at radius 3 is 1.68 bits per heavy atom. The molecule has 4 rings (SSSR count). The number of allylic oxidation sites excluding steroid dienone is 2. The molecule has 0 unspecified atom stereocenters. The summed E-state index contributed by atoms with van der Waals surface area (Å²) in [7, 11) is 1.44. The molecule has 0 aliphatic rings. The second-order valence-corrected chi connectivity index (χ2v) is 10.1. The molecule has 0 aromatic heterocycles. The van der Waals surface area contributed by atoms with Gasteiger partial charge in [-0.05, 0) is 102 Å². The van der Waals surface area contributed by atoms with Crippen LogP contribution in [0.3, 0.4) is 0 Å². The molecule has 9 heteroatoms. The molecule has 0 aliphatic carbocycles. The highest BCUT2D eigenvalue weighted by atomic mass is 16.5. The van der Waals surface area contributed by atoms with Crippen molar-refractivity contribution in [1.29, 1.82) is 0 Å². The van der Waals surface area contributed by atoms with Crippen molar-refractivity contribution in [3.05, 3.63) is 131 Å². The fourth-order valence-electron chi connectivity index (χ4n) is 3.81. The van der Waals surface area contributed by atoms with Gasteiger partial charge in [-0.2, -0.15) is 0 Å². The lowest BCUT2D eigenvalue weighted by molar-refractivity contribution is -0.121. The van der Waals surface area contributed by atoms with E-state index in [2.05, 4.69) is 0 Å². The van der Waals surface area contributed by atoms with Crippen molar-refractivity contribution in [2.24, 2.45) is 0 Å². The second-order valence-electron chi connectivity index (χ2n) is 10.1. The molecule has 0 heterocycles. The van der Waals surface area contributed by atoms with E-state index >= 15 is 0 Å². The quantitative estimate of drug-likeness (QED) is 0.0853. The first kappa shape index (κ1) is 37.5. The number of aliphatic hydroxyl groups excluding tert-OH is 2. The minimum Gasteiger partial charge on any atom is -0.508 e. The summed E-state index contributed by atoms with van der Waals surface area (Å²) in [6.07, 6.45) is 9.69. The molecule has 4 aromatic rings. The number of aryl methyl sites for hydroxylation is 1. The molecule has 246 valence electrons. The third-order valence-corrected chi connectivity index (χ3v) is 6.34. The smallest absolute Gasteiger partial charge is 0.163 e. The van der Waals surface area contributed by atoms with Crippen molar-refractivity contribution < 1.29 is 45.0 Å². The van der Waals surface area contributed by atoms with E-state index in [0.29, 0.717) is 23.3 Å². The molecule has 0 radical (unpaired) electrons. The van der Waals surface area contributed by atoms with E-state index in [0.717, 1.165) is 16.7 Å². The number of aromatic hydroxyl groups is 4. The van der Waals surface area contributed by atoms with Crippen LogP contribution in [-0.2, 0) is 16.0 Å². The van der Waals surface area contributed by atoms with Crippen LogP contribution in [0.2, 0.25) is 0 Å². The zero-order valence-corrected chi connectivity index (χ0v) is 26.3. The summed E-state index contributed by atoms with van der Waals surface area (Å²) < 4.78 is 5.00. The Labute approximate surface area is 274 Å². The number of hydrogen-bond acceptors (Lipinski definition) is 9. The highest BCUT2D eigenvalue weighted by molar-refractivity contribution is 6.10. The normalized spacial score (nSPS) is 10.7. The van der Waals surface area contributed by atoms with Crippen LogP contribution in [0.5, 0.6) is 28.7 Å². The fraction of sp³-hybridized carbons (Fsp3) is 0.158. The molecular formula is C38H40O9. The lowest BCUT2D eigenvalue weighted by Crippen LogP contribution is -2.01. The molecular weight excluding hydrogens is 600 g/mol. The first-order valence-electron chi connectivity index (χ1n) is 14.6. The van der Waals surface area contributed by atoms with Crippen molar-refractivity contribution in [1.82, 2.24) is 0 Å². The zero-order chi connectivity index (χ0) is 34.6. The summed E-state index contributed by atoms with van der Waals surface area (Å²) in [5.74, 6) is 0.401. The van der Waals surface area contributed by atoms with Gasteiger partial charge in [0.25, 0.3) is 0 Å². The maximum Gasteiger partial charge on any atom is 0.163 e. The van der Waals surface area contributed by atoms with Crippen molar-refractivity contribution >= 4 is 29.8 Å². The number of phenols is 4. The van der Waals surface area contributed by atoms with Crippen LogP contribution >= 0.6 is 0 Å². The Bertz CT molecular complexity index is 1650. The van der Waals surface area contributed by atoms with E-state index in [1.165, 1.54) is 25.3 Å². The predicted octanol–water partition coefficient (Wildman–Crippen LogP) is 5.99. The second kappa shape index (κ2) is 20.4. The molecule has 0 atom stereocenters. The van der Waals surface area contributed by atoms with Gasteiger partial charge < -0.3 is 35.4 Å². The van der Waals surface area contributed by atoms with Crippen molar-refractivity contribution in [3.63, 3.8) is 0 Å². The van der Waals surface area contributed by atoms with Gasteiger partial charge in [-0.15, -0.1) is 0 Å². The molecule has 0 saturated carbocycles. The van der Waals surface area contributed by atoms with Crippen molar-refractivity contribution in [2.45, 2.75) is 19.8 Å². The van der Waals surface area contributed by atoms with Crippen LogP contribution in [0.15, 0.2) is 103 Å². The molecule has 9 nitrogen and oxygen atoms in total. The van der Waals surface area contributed by atoms with Gasteiger partial charge >= 0.3 is 0 Å². The Morgan fingerprint density at radius 1 is 0.660 bits per heavy atom. The molecule has 4 aromatic carbocycles. The Morgan fingerprint density at radius 2 is 1.17 bits per heavy atom. The number of phenolic OH excluding ortho intramolecular Hbond substituents is 4. The number of ketones is 2. The van der Waals surface area contributed by atoms with Crippen LogP contribution in [0.4, 0.5) is 0 Å². The molecule has 6 N–H and O–H groups in total. The number of carbonyl (C=O) groups excluding carboxylic acids is 2. The molecule has 0 saturated heterocycles. The topological polar surface area (TPSA) is 165 Å². The number of methoxy groups -OCH3 is 1. The zero-order valence-electron chi connectivity index (χ0n) is 26.3. The standard InChI is InChI=1S/C21H20O5.C9H10O2.C8H10O2/c1-14-11-15(5-9-19(14)24)3-7-17(22)13-18(23)8-4-16-6-10-20(25)21(12-16)26-2;10-7-1-2-8-3-5-9(11)6-4-8;9-6-5-7-1-3-8(10)4-2-7/h3-12,24-25H,13H2,1-2H3;1-6,10-11H,7H2;1-4,9-10H,5-6H2/b7-3+,8-4+;2-1+;. The third kappa shape index (κ3) is 14.8. The van der Waals surface area contributed by atoms with E-state index in [1.807, 2.05) is 0 Å². The Hall–Kier alpha value is -5.64. The summed E-state index contributed by atoms with van der Waals surface area (Å²) >= 11 is 0. The maximum atomic E-state index is 11.9. The maximum absolute atomic E-state index is 11.9.